The van der Waals surface area contributed by atoms with Gasteiger partial charge in [-0.3, -0.25) is 4.79 Å². The van der Waals surface area contributed by atoms with Gasteiger partial charge >= 0.3 is 5.97 Å². The minimum Gasteiger partial charge on any atom is -0.457 e. The molecule has 0 N–H and O–H groups in total. The van der Waals surface area contributed by atoms with Crippen LogP contribution in [0, 0.1) is 5.82 Å². The molecule has 0 amide bonds. The van der Waals surface area contributed by atoms with Gasteiger partial charge in [-0.2, -0.15) is 0 Å². The molecule has 0 bridgehead atoms. The molecule has 1 rings (SSSR count). The van der Waals surface area contributed by atoms with Crippen LogP contribution < -0.4 is 0 Å². The van der Waals surface area contributed by atoms with E-state index in [0.717, 1.165) is 6.08 Å². The summed E-state index contributed by atoms with van der Waals surface area (Å²) in [6, 6.07) is 5.56. The van der Waals surface area contributed by atoms with Crippen LogP contribution in [0.15, 0.2) is 30.3 Å². The maximum Gasteiger partial charge on any atom is 0.379 e. The lowest BCUT2D eigenvalue weighted by Gasteiger charge is -2.04. The van der Waals surface area contributed by atoms with Crippen molar-refractivity contribution in [2.45, 2.75) is 20.0 Å². The van der Waals surface area contributed by atoms with Crippen molar-refractivity contribution in [2.24, 2.45) is 0 Å². The van der Waals surface area contributed by atoms with Crippen LogP contribution in [0.2, 0.25) is 0 Å². The summed E-state index contributed by atoms with van der Waals surface area (Å²) in [6.07, 6.45) is 2.21. The molecule has 4 heteroatoms. The average molecular weight is 236 g/mol. The van der Waals surface area contributed by atoms with E-state index in [1.807, 2.05) is 0 Å². The zero-order chi connectivity index (χ0) is 12.8. The number of carbonyl (C=O) groups is 2. The molecule has 17 heavy (non-hydrogen) atoms. The minimum atomic E-state index is -0.890. The monoisotopic (exact) mass is 236 g/mol. The number of carbonyl (C=O) groups excluding carboxylic acids is 2. The van der Waals surface area contributed by atoms with Crippen molar-refractivity contribution < 1.29 is 18.7 Å². The van der Waals surface area contributed by atoms with Gasteiger partial charge in [0, 0.05) is 0 Å². The number of ether oxygens (including phenoxy) is 1. The molecule has 0 unspecified atom stereocenters. The van der Waals surface area contributed by atoms with Crippen LogP contribution in [0.25, 0.3) is 6.08 Å². The van der Waals surface area contributed by atoms with Crippen LogP contribution in [0.3, 0.4) is 0 Å². The Bertz CT molecular complexity index is 432. The minimum absolute atomic E-state index is 0.328. The summed E-state index contributed by atoms with van der Waals surface area (Å²) in [5.74, 6) is -1.98. The Morgan fingerprint density at radius 1 is 1.24 bits per heavy atom. The van der Waals surface area contributed by atoms with E-state index in [-0.39, 0.29) is 11.9 Å². The Kier molecular flexibility index (Phi) is 4.57. The highest BCUT2D eigenvalue weighted by Crippen LogP contribution is 2.04. The van der Waals surface area contributed by atoms with Gasteiger partial charge in [0.2, 0.25) is 0 Å². The van der Waals surface area contributed by atoms with Crippen molar-refractivity contribution in [3.63, 3.8) is 0 Å². The molecule has 0 aliphatic heterocycles. The summed E-state index contributed by atoms with van der Waals surface area (Å²) in [4.78, 5) is 22.4. The normalized spacial score (nSPS) is 10.8. The van der Waals surface area contributed by atoms with Crippen LogP contribution in [0.4, 0.5) is 4.39 Å². The van der Waals surface area contributed by atoms with Crippen molar-refractivity contribution in [2.75, 3.05) is 0 Å². The maximum atomic E-state index is 12.6. The highest BCUT2D eigenvalue weighted by Gasteiger charge is 2.12. The number of hydrogen-bond acceptors (Lipinski definition) is 3. The quantitative estimate of drug-likeness (QED) is 0.458. The number of halogens is 1. The molecule has 1 aromatic carbocycles. The van der Waals surface area contributed by atoms with E-state index in [4.69, 9.17) is 4.74 Å². The lowest BCUT2D eigenvalue weighted by Crippen LogP contribution is -2.19. The fourth-order valence-corrected chi connectivity index (χ4v) is 1.09. The van der Waals surface area contributed by atoms with E-state index in [1.54, 1.807) is 13.8 Å². The van der Waals surface area contributed by atoms with Crippen LogP contribution >= 0.6 is 0 Å². The summed E-state index contributed by atoms with van der Waals surface area (Å²) in [6.45, 7) is 3.32. The molecule has 0 aliphatic carbocycles. The summed E-state index contributed by atoms with van der Waals surface area (Å²) in [5.41, 5.74) is 0.636. The standard InChI is InChI=1S/C13H13FO3/c1-9(2)17-13(16)12(15)8-5-10-3-6-11(14)7-4-10/h3-9H,1-2H3/b8-5+. The second-order valence-corrected chi connectivity index (χ2v) is 3.70. The van der Waals surface area contributed by atoms with Crippen LogP contribution in [0.5, 0.6) is 0 Å². The fraction of sp³-hybridized carbons (Fsp3) is 0.231. The molecule has 0 spiro atoms. The predicted octanol–water partition coefficient (Wildman–Crippen LogP) is 2.36. The summed E-state index contributed by atoms with van der Waals surface area (Å²) in [5, 5.41) is 0. The van der Waals surface area contributed by atoms with Crippen molar-refractivity contribution >= 4 is 17.8 Å². The Balaban J connectivity index is 2.62. The highest BCUT2D eigenvalue weighted by atomic mass is 19.1. The Morgan fingerprint density at radius 3 is 2.35 bits per heavy atom. The fourth-order valence-electron chi connectivity index (χ4n) is 1.09. The smallest absolute Gasteiger partial charge is 0.379 e. The van der Waals surface area contributed by atoms with E-state index in [2.05, 4.69) is 0 Å². The average Bonchev–Trinajstić information content (AvgIpc) is 2.27. The van der Waals surface area contributed by atoms with E-state index in [0.29, 0.717) is 5.56 Å². The lowest BCUT2D eigenvalue weighted by molar-refractivity contribution is -0.154. The number of rotatable bonds is 4. The summed E-state index contributed by atoms with van der Waals surface area (Å²) in [7, 11) is 0. The second kappa shape index (κ2) is 5.94. The van der Waals surface area contributed by atoms with E-state index in [1.165, 1.54) is 30.3 Å². The van der Waals surface area contributed by atoms with Gasteiger partial charge in [0.1, 0.15) is 5.82 Å². The second-order valence-electron chi connectivity index (χ2n) is 3.70. The number of esters is 1. The van der Waals surface area contributed by atoms with E-state index < -0.39 is 11.8 Å². The van der Waals surface area contributed by atoms with Gasteiger partial charge in [-0.1, -0.05) is 18.2 Å². The number of ketones is 1. The van der Waals surface area contributed by atoms with Gasteiger partial charge in [0.15, 0.2) is 0 Å². The molecule has 0 heterocycles. The molecule has 3 nitrogen and oxygen atoms in total. The molecule has 0 radical (unpaired) electrons. The topological polar surface area (TPSA) is 43.4 Å². The van der Waals surface area contributed by atoms with Crippen molar-refractivity contribution in [1.82, 2.24) is 0 Å². The SMILES string of the molecule is CC(C)OC(=O)C(=O)/C=C/c1ccc(F)cc1. The number of benzene rings is 1. The molecule has 0 atom stereocenters. The summed E-state index contributed by atoms with van der Waals surface area (Å²) >= 11 is 0. The van der Waals surface area contributed by atoms with Crippen LogP contribution in [-0.2, 0) is 14.3 Å². The molecule has 0 aliphatic rings. The largest absolute Gasteiger partial charge is 0.457 e. The Labute approximate surface area is 98.9 Å². The molecule has 0 saturated carbocycles. The van der Waals surface area contributed by atoms with Crippen molar-refractivity contribution in [3.05, 3.63) is 41.7 Å². The van der Waals surface area contributed by atoms with Gasteiger partial charge in [-0.15, -0.1) is 0 Å². The van der Waals surface area contributed by atoms with Crippen molar-refractivity contribution in [3.8, 4) is 0 Å². The maximum absolute atomic E-state index is 12.6. The molecule has 0 saturated heterocycles. The molecule has 0 fully saturated rings. The number of hydrogen-bond donors (Lipinski definition) is 0. The first-order valence-corrected chi connectivity index (χ1v) is 5.17. The molecule has 0 aromatic heterocycles. The molecular weight excluding hydrogens is 223 g/mol. The Hall–Kier alpha value is -1.97. The molecular formula is C13H13FO3. The third-order valence-electron chi connectivity index (χ3n) is 1.84. The zero-order valence-corrected chi connectivity index (χ0v) is 9.64. The van der Waals surface area contributed by atoms with Gasteiger partial charge in [-0.25, -0.2) is 9.18 Å². The predicted molar refractivity (Wildman–Crippen MR) is 61.7 cm³/mol. The molecule has 1 aromatic rings. The lowest BCUT2D eigenvalue weighted by atomic mass is 10.2. The highest BCUT2D eigenvalue weighted by molar-refractivity contribution is 6.39. The summed E-state index contributed by atoms with van der Waals surface area (Å²) < 4.78 is 17.3. The van der Waals surface area contributed by atoms with Crippen LogP contribution in [-0.4, -0.2) is 17.9 Å². The van der Waals surface area contributed by atoms with Crippen molar-refractivity contribution in [1.29, 1.82) is 0 Å². The van der Waals surface area contributed by atoms with Gasteiger partial charge < -0.3 is 4.74 Å². The van der Waals surface area contributed by atoms with E-state index >= 15 is 0 Å². The van der Waals surface area contributed by atoms with Crippen LogP contribution in [0.1, 0.15) is 19.4 Å². The van der Waals surface area contributed by atoms with E-state index in [9.17, 15) is 14.0 Å². The first-order valence-electron chi connectivity index (χ1n) is 5.17. The zero-order valence-electron chi connectivity index (χ0n) is 9.64. The van der Waals surface area contributed by atoms with Gasteiger partial charge in [0.05, 0.1) is 6.10 Å². The first-order chi connectivity index (χ1) is 7.99. The molecule has 90 valence electrons. The third kappa shape index (κ3) is 4.59. The Morgan fingerprint density at radius 2 is 1.82 bits per heavy atom. The first kappa shape index (κ1) is 13.1. The van der Waals surface area contributed by atoms with Gasteiger partial charge in [-0.05, 0) is 37.6 Å². The third-order valence-corrected chi connectivity index (χ3v) is 1.84. The van der Waals surface area contributed by atoms with Gasteiger partial charge in [0.25, 0.3) is 5.78 Å².